The van der Waals surface area contributed by atoms with E-state index in [4.69, 9.17) is 14.2 Å². The van der Waals surface area contributed by atoms with Crippen molar-refractivity contribution >= 4 is 0 Å². The molecule has 6 heteroatoms. The molecule has 3 nitrogen and oxygen atoms in total. The van der Waals surface area contributed by atoms with Gasteiger partial charge in [-0.3, -0.25) is 0 Å². The molecule has 0 spiro atoms. The zero-order valence-corrected chi connectivity index (χ0v) is 16.8. The minimum absolute atomic E-state index is 0.0192. The first-order chi connectivity index (χ1) is 14.0. The van der Waals surface area contributed by atoms with E-state index in [0.29, 0.717) is 26.1 Å². The van der Waals surface area contributed by atoms with E-state index in [1.165, 1.54) is 18.2 Å². The maximum atomic E-state index is 14.8. The molecule has 29 heavy (non-hydrogen) atoms. The van der Waals surface area contributed by atoms with Crippen molar-refractivity contribution in [2.45, 2.75) is 51.7 Å². The first kappa shape index (κ1) is 21.7. The highest BCUT2D eigenvalue weighted by atomic mass is 19.2. The smallest absolute Gasteiger partial charge is 0.166 e. The molecule has 3 rings (SSSR count). The first-order valence-electron chi connectivity index (χ1n) is 10.2. The van der Waals surface area contributed by atoms with Gasteiger partial charge in [-0.05, 0) is 49.4 Å². The van der Waals surface area contributed by atoms with Crippen LogP contribution in [0.3, 0.4) is 0 Å². The van der Waals surface area contributed by atoms with Crippen molar-refractivity contribution in [3.63, 3.8) is 0 Å². The Morgan fingerprint density at radius 1 is 1.03 bits per heavy atom. The maximum absolute atomic E-state index is 14.8. The number of hydrogen-bond acceptors (Lipinski definition) is 3. The number of benzene rings is 2. The van der Waals surface area contributed by atoms with E-state index in [0.717, 1.165) is 18.9 Å². The molecule has 0 aromatic heterocycles. The minimum Gasteiger partial charge on any atom is -0.491 e. The molecule has 2 aromatic rings. The van der Waals surface area contributed by atoms with Crippen molar-refractivity contribution < 1.29 is 27.4 Å². The van der Waals surface area contributed by atoms with Crippen molar-refractivity contribution in [2.75, 3.05) is 19.8 Å². The van der Waals surface area contributed by atoms with Crippen molar-refractivity contribution in [3.8, 4) is 16.9 Å². The zero-order valence-electron chi connectivity index (χ0n) is 16.8. The van der Waals surface area contributed by atoms with Gasteiger partial charge in [-0.2, -0.15) is 0 Å². The molecule has 0 amide bonds. The summed E-state index contributed by atoms with van der Waals surface area (Å²) in [4.78, 5) is 0. The predicted octanol–water partition coefficient (Wildman–Crippen LogP) is 6.21. The number of hydrogen-bond donors (Lipinski definition) is 0. The van der Waals surface area contributed by atoms with Gasteiger partial charge in [0.15, 0.2) is 29.5 Å². The van der Waals surface area contributed by atoms with Crippen LogP contribution in [0.15, 0.2) is 30.3 Å². The fourth-order valence-corrected chi connectivity index (χ4v) is 3.51. The van der Waals surface area contributed by atoms with Crippen molar-refractivity contribution in [3.05, 3.63) is 53.3 Å². The Morgan fingerprint density at radius 2 is 1.86 bits per heavy atom. The number of unbranched alkanes of at least 4 members (excludes halogenated alkanes) is 1. The molecule has 0 aliphatic carbocycles. The topological polar surface area (TPSA) is 27.7 Å². The summed E-state index contributed by atoms with van der Waals surface area (Å²) in [5.41, 5.74) is 0.563. The third kappa shape index (κ3) is 5.11. The van der Waals surface area contributed by atoms with Gasteiger partial charge in [0, 0.05) is 18.1 Å². The van der Waals surface area contributed by atoms with Crippen LogP contribution in [0.5, 0.6) is 5.75 Å². The molecule has 2 unspecified atom stereocenters. The summed E-state index contributed by atoms with van der Waals surface area (Å²) in [5, 5.41) is 0. The summed E-state index contributed by atoms with van der Waals surface area (Å²) in [7, 11) is 0. The van der Waals surface area contributed by atoms with E-state index >= 15 is 0 Å². The van der Waals surface area contributed by atoms with Crippen LogP contribution >= 0.6 is 0 Å². The van der Waals surface area contributed by atoms with E-state index in [9.17, 15) is 13.2 Å². The largest absolute Gasteiger partial charge is 0.491 e. The Labute approximate surface area is 169 Å². The Balaban J connectivity index is 1.73. The molecule has 1 heterocycles. The van der Waals surface area contributed by atoms with Gasteiger partial charge in [-0.25, -0.2) is 13.2 Å². The quantitative estimate of drug-likeness (QED) is 0.486. The van der Waals surface area contributed by atoms with Crippen LogP contribution < -0.4 is 4.74 Å². The second-order valence-electron chi connectivity index (χ2n) is 7.17. The number of rotatable bonds is 8. The van der Waals surface area contributed by atoms with E-state index in [1.54, 1.807) is 13.0 Å². The Hall–Kier alpha value is -2.05. The summed E-state index contributed by atoms with van der Waals surface area (Å²) in [6, 6.07) is 7.16. The van der Waals surface area contributed by atoms with E-state index in [-0.39, 0.29) is 41.3 Å². The van der Waals surface area contributed by atoms with Gasteiger partial charge in [-0.1, -0.05) is 31.5 Å². The second kappa shape index (κ2) is 10.1. The van der Waals surface area contributed by atoms with Crippen LogP contribution in [-0.2, 0) is 9.47 Å². The fraction of sp³-hybridized carbons (Fsp3) is 0.478. The Bertz CT molecular complexity index is 817. The molecular formula is C23H27F3O3. The van der Waals surface area contributed by atoms with Gasteiger partial charge in [0.2, 0.25) is 0 Å². The van der Waals surface area contributed by atoms with Crippen molar-refractivity contribution in [1.29, 1.82) is 0 Å². The average Bonchev–Trinajstić information content (AvgIpc) is 2.73. The lowest BCUT2D eigenvalue weighted by molar-refractivity contribution is -0.167. The minimum atomic E-state index is -0.979. The lowest BCUT2D eigenvalue weighted by atomic mass is 9.90. The van der Waals surface area contributed by atoms with Gasteiger partial charge in [0.05, 0.1) is 13.2 Å². The molecule has 2 aromatic carbocycles. The predicted molar refractivity (Wildman–Crippen MR) is 105 cm³/mol. The van der Waals surface area contributed by atoms with E-state index < -0.39 is 17.5 Å². The lowest BCUT2D eigenvalue weighted by Crippen LogP contribution is -2.28. The summed E-state index contributed by atoms with van der Waals surface area (Å²) < 4.78 is 60.1. The van der Waals surface area contributed by atoms with Gasteiger partial charge in [0.25, 0.3) is 0 Å². The van der Waals surface area contributed by atoms with Crippen LogP contribution in [0, 0.1) is 17.5 Å². The Kier molecular flexibility index (Phi) is 7.56. The molecule has 0 radical (unpaired) electrons. The standard InChI is InChI=1S/C23H27F3O3/c1-3-5-12-28-21-11-7-16(14-29-21)18-9-8-17(22(25)23(18)26)15-6-10-20(27-4-2)19(24)13-15/h6,8-10,13,16,21H,3-5,7,11-12,14H2,1-2H3. The molecular weight excluding hydrogens is 381 g/mol. The summed E-state index contributed by atoms with van der Waals surface area (Å²) in [5.74, 6) is -2.64. The normalized spacial score (nSPS) is 19.3. The van der Waals surface area contributed by atoms with Crippen LogP contribution in [0.1, 0.15) is 51.0 Å². The lowest BCUT2D eigenvalue weighted by Gasteiger charge is -2.29. The molecule has 0 N–H and O–H groups in total. The monoisotopic (exact) mass is 408 g/mol. The van der Waals surface area contributed by atoms with Gasteiger partial charge in [0.1, 0.15) is 0 Å². The second-order valence-corrected chi connectivity index (χ2v) is 7.17. The molecule has 1 aliphatic rings. The maximum Gasteiger partial charge on any atom is 0.166 e. The molecule has 1 aliphatic heterocycles. The van der Waals surface area contributed by atoms with Crippen molar-refractivity contribution in [1.82, 2.24) is 0 Å². The third-order valence-corrected chi connectivity index (χ3v) is 5.13. The van der Waals surface area contributed by atoms with Gasteiger partial charge < -0.3 is 14.2 Å². The highest BCUT2D eigenvalue weighted by Gasteiger charge is 2.27. The van der Waals surface area contributed by atoms with Crippen LogP contribution in [0.25, 0.3) is 11.1 Å². The van der Waals surface area contributed by atoms with Gasteiger partial charge >= 0.3 is 0 Å². The SMILES string of the molecule is CCCCOC1CCC(c2ccc(-c3ccc(OCC)c(F)c3)c(F)c2F)CO1. The highest BCUT2D eigenvalue weighted by Crippen LogP contribution is 2.35. The van der Waals surface area contributed by atoms with Crippen LogP contribution in [0.2, 0.25) is 0 Å². The first-order valence-corrected chi connectivity index (χ1v) is 10.2. The summed E-state index contributed by atoms with van der Waals surface area (Å²) in [6.07, 6.45) is 3.03. The average molecular weight is 408 g/mol. The third-order valence-electron chi connectivity index (χ3n) is 5.13. The highest BCUT2D eigenvalue weighted by molar-refractivity contribution is 5.66. The van der Waals surface area contributed by atoms with Gasteiger partial charge in [-0.15, -0.1) is 0 Å². The Morgan fingerprint density at radius 3 is 2.52 bits per heavy atom. The summed E-state index contributed by atoms with van der Waals surface area (Å²) in [6.45, 7) is 5.08. The molecule has 1 saturated heterocycles. The molecule has 1 fully saturated rings. The molecule has 2 atom stereocenters. The van der Waals surface area contributed by atoms with Crippen LogP contribution in [-0.4, -0.2) is 26.1 Å². The fourth-order valence-electron chi connectivity index (χ4n) is 3.51. The van der Waals surface area contributed by atoms with Crippen molar-refractivity contribution in [2.24, 2.45) is 0 Å². The van der Waals surface area contributed by atoms with E-state index in [2.05, 4.69) is 6.92 Å². The zero-order chi connectivity index (χ0) is 20.8. The number of ether oxygens (including phenoxy) is 3. The molecule has 158 valence electrons. The number of halogens is 3. The molecule has 0 saturated carbocycles. The molecule has 0 bridgehead atoms. The summed E-state index contributed by atoms with van der Waals surface area (Å²) >= 11 is 0. The van der Waals surface area contributed by atoms with E-state index in [1.807, 2.05) is 0 Å². The van der Waals surface area contributed by atoms with Crippen LogP contribution in [0.4, 0.5) is 13.2 Å².